The molecule has 2 heteroatoms. The molecule has 0 radical (unpaired) electrons. The predicted molar refractivity (Wildman–Crippen MR) is 48.9 cm³/mol. The highest BCUT2D eigenvalue weighted by atomic mass is 16.5. The van der Waals surface area contributed by atoms with Crippen molar-refractivity contribution in [1.29, 1.82) is 0 Å². The molecule has 0 aromatic rings. The van der Waals surface area contributed by atoms with E-state index in [-0.39, 0.29) is 18.8 Å². The molecular formula is C10H16O2. The van der Waals surface area contributed by atoms with Crippen LogP contribution in [0.2, 0.25) is 0 Å². The van der Waals surface area contributed by atoms with E-state index >= 15 is 0 Å². The molecule has 1 fully saturated rings. The maximum atomic E-state index is 8.73. The van der Waals surface area contributed by atoms with Gasteiger partial charge in [0, 0.05) is 6.61 Å². The first-order valence-electron chi connectivity index (χ1n) is 4.31. The van der Waals surface area contributed by atoms with Crippen molar-refractivity contribution in [3.8, 4) is 0 Å². The Labute approximate surface area is 73.5 Å². The maximum absolute atomic E-state index is 8.73. The Morgan fingerprint density at radius 2 is 2.33 bits per heavy atom. The molecule has 0 amide bonds. The molecule has 2 atom stereocenters. The largest absolute Gasteiger partial charge is 0.396 e. The second-order valence-electron chi connectivity index (χ2n) is 3.20. The summed E-state index contributed by atoms with van der Waals surface area (Å²) in [7, 11) is 0. The Morgan fingerprint density at radius 1 is 1.58 bits per heavy atom. The summed E-state index contributed by atoms with van der Waals surface area (Å²) < 4.78 is 5.61. The highest BCUT2D eigenvalue weighted by Gasteiger charge is 2.21. The SMILES string of the molecule is C=CC1CC(=C)CC(CCO)O1. The second-order valence-corrected chi connectivity index (χ2v) is 3.20. The minimum Gasteiger partial charge on any atom is -0.396 e. The van der Waals surface area contributed by atoms with Crippen LogP contribution in [0.25, 0.3) is 0 Å². The van der Waals surface area contributed by atoms with Crippen LogP contribution in [0, 0.1) is 0 Å². The average Bonchev–Trinajstić information content (AvgIpc) is 2.04. The molecule has 0 aromatic heterocycles. The lowest BCUT2D eigenvalue weighted by Crippen LogP contribution is -2.27. The highest BCUT2D eigenvalue weighted by molar-refractivity contribution is 5.05. The molecule has 1 rings (SSSR count). The summed E-state index contributed by atoms with van der Waals surface area (Å²) in [5, 5.41) is 8.73. The summed E-state index contributed by atoms with van der Waals surface area (Å²) in [6, 6.07) is 0. The van der Waals surface area contributed by atoms with E-state index < -0.39 is 0 Å². The zero-order chi connectivity index (χ0) is 8.97. The third kappa shape index (κ3) is 2.47. The summed E-state index contributed by atoms with van der Waals surface area (Å²) in [6.45, 7) is 7.80. The van der Waals surface area contributed by atoms with Gasteiger partial charge in [0.1, 0.15) is 0 Å². The van der Waals surface area contributed by atoms with Crippen LogP contribution in [-0.4, -0.2) is 23.9 Å². The van der Waals surface area contributed by atoms with Crippen molar-refractivity contribution in [1.82, 2.24) is 0 Å². The first kappa shape index (κ1) is 9.49. The van der Waals surface area contributed by atoms with Crippen LogP contribution in [0.15, 0.2) is 24.8 Å². The van der Waals surface area contributed by atoms with Gasteiger partial charge in [0.25, 0.3) is 0 Å². The third-order valence-electron chi connectivity index (χ3n) is 2.09. The molecule has 1 heterocycles. The minimum atomic E-state index is 0.0998. The highest BCUT2D eigenvalue weighted by Crippen LogP contribution is 2.24. The Hall–Kier alpha value is -0.600. The Morgan fingerprint density at radius 3 is 2.92 bits per heavy atom. The van der Waals surface area contributed by atoms with Gasteiger partial charge in [-0.25, -0.2) is 0 Å². The van der Waals surface area contributed by atoms with Crippen LogP contribution in [0.4, 0.5) is 0 Å². The third-order valence-corrected chi connectivity index (χ3v) is 2.09. The number of aliphatic hydroxyl groups excluding tert-OH is 1. The van der Waals surface area contributed by atoms with Gasteiger partial charge >= 0.3 is 0 Å². The number of hydrogen-bond donors (Lipinski definition) is 1. The van der Waals surface area contributed by atoms with Crippen molar-refractivity contribution in [3.05, 3.63) is 24.8 Å². The first-order chi connectivity index (χ1) is 5.76. The van der Waals surface area contributed by atoms with Gasteiger partial charge in [-0.05, 0) is 19.3 Å². The molecule has 1 saturated heterocycles. The lowest BCUT2D eigenvalue weighted by molar-refractivity contribution is -0.0172. The minimum absolute atomic E-state index is 0.0998. The first-order valence-corrected chi connectivity index (χ1v) is 4.31. The zero-order valence-electron chi connectivity index (χ0n) is 7.33. The molecule has 12 heavy (non-hydrogen) atoms. The zero-order valence-corrected chi connectivity index (χ0v) is 7.33. The Balaban J connectivity index is 2.44. The topological polar surface area (TPSA) is 29.5 Å². The summed E-state index contributed by atoms with van der Waals surface area (Å²) in [4.78, 5) is 0. The molecule has 0 spiro atoms. The Bertz CT molecular complexity index is 175. The van der Waals surface area contributed by atoms with Crippen molar-refractivity contribution < 1.29 is 9.84 Å². The monoisotopic (exact) mass is 168 g/mol. The van der Waals surface area contributed by atoms with Crippen LogP contribution in [-0.2, 0) is 4.74 Å². The molecule has 1 aliphatic rings. The van der Waals surface area contributed by atoms with E-state index in [0.717, 1.165) is 12.8 Å². The molecule has 0 saturated carbocycles. The molecular weight excluding hydrogens is 152 g/mol. The van der Waals surface area contributed by atoms with Crippen molar-refractivity contribution >= 4 is 0 Å². The fourth-order valence-electron chi connectivity index (χ4n) is 1.49. The molecule has 2 unspecified atom stereocenters. The number of hydrogen-bond acceptors (Lipinski definition) is 2. The van der Waals surface area contributed by atoms with Crippen molar-refractivity contribution in [2.75, 3.05) is 6.61 Å². The smallest absolute Gasteiger partial charge is 0.0794 e. The fourth-order valence-corrected chi connectivity index (χ4v) is 1.49. The van der Waals surface area contributed by atoms with E-state index in [4.69, 9.17) is 9.84 Å². The van der Waals surface area contributed by atoms with Gasteiger partial charge in [0.2, 0.25) is 0 Å². The number of ether oxygens (including phenoxy) is 1. The van der Waals surface area contributed by atoms with E-state index in [9.17, 15) is 0 Å². The van der Waals surface area contributed by atoms with Gasteiger partial charge in [0.15, 0.2) is 0 Å². The molecule has 0 bridgehead atoms. The van der Waals surface area contributed by atoms with Crippen molar-refractivity contribution in [3.63, 3.8) is 0 Å². The summed E-state index contributed by atoms with van der Waals surface area (Å²) in [5.41, 5.74) is 1.20. The van der Waals surface area contributed by atoms with E-state index in [1.165, 1.54) is 5.57 Å². The van der Waals surface area contributed by atoms with Gasteiger partial charge in [-0.15, -0.1) is 6.58 Å². The van der Waals surface area contributed by atoms with Crippen LogP contribution < -0.4 is 0 Å². The standard InChI is InChI=1S/C10H16O2/c1-3-9-6-8(2)7-10(12-9)4-5-11/h3,9-11H,1-2,4-7H2. The molecule has 0 aromatic carbocycles. The van der Waals surface area contributed by atoms with Crippen LogP contribution in [0.5, 0.6) is 0 Å². The van der Waals surface area contributed by atoms with Crippen LogP contribution in [0.3, 0.4) is 0 Å². The lowest BCUT2D eigenvalue weighted by atomic mass is 9.98. The van der Waals surface area contributed by atoms with Gasteiger partial charge in [0.05, 0.1) is 12.2 Å². The van der Waals surface area contributed by atoms with Gasteiger partial charge < -0.3 is 9.84 Å². The van der Waals surface area contributed by atoms with Crippen LogP contribution in [0.1, 0.15) is 19.3 Å². The molecule has 1 N–H and O–H groups in total. The van der Waals surface area contributed by atoms with Crippen LogP contribution >= 0.6 is 0 Å². The summed E-state index contributed by atoms with van der Waals surface area (Å²) in [6.07, 6.45) is 4.50. The predicted octanol–water partition coefficient (Wildman–Crippen LogP) is 1.66. The van der Waals surface area contributed by atoms with Crippen molar-refractivity contribution in [2.24, 2.45) is 0 Å². The van der Waals surface area contributed by atoms with E-state index in [0.29, 0.717) is 6.42 Å². The average molecular weight is 168 g/mol. The van der Waals surface area contributed by atoms with Gasteiger partial charge in [-0.1, -0.05) is 18.2 Å². The van der Waals surface area contributed by atoms with Gasteiger partial charge in [-0.2, -0.15) is 0 Å². The maximum Gasteiger partial charge on any atom is 0.0794 e. The normalized spacial score (nSPS) is 30.2. The van der Waals surface area contributed by atoms with E-state index in [1.807, 2.05) is 0 Å². The Kier molecular flexibility index (Phi) is 3.50. The molecule has 2 nitrogen and oxygen atoms in total. The number of rotatable bonds is 3. The lowest BCUT2D eigenvalue weighted by Gasteiger charge is -2.29. The molecule has 0 aliphatic carbocycles. The fraction of sp³-hybridized carbons (Fsp3) is 0.600. The van der Waals surface area contributed by atoms with E-state index in [1.54, 1.807) is 6.08 Å². The van der Waals surface area contributed by atoms with Gasteiger partial charge in [-0.3, -0.25) is 0 Å². The molecule has 68 valence electrons. The summed E-state index contributed by atoms with van der Waals surface area (Å²) in [5.74, 6) is 0. The number of aliphatic hydroxyl groups is 1. The summed E-state index contributed by atoms with van der Waals surface area (Å²) >= 11 is 0. The quantitative estimate of drug-likeness (QED) is 0.649. The second kappa shape index (κ2) is 4.43. The van der Waals surface area contributed by atoms with Crippen molar-refractivity contribution in [2.45, 2.75) is 31.5 Å². The molecule has 1 aliphatic heterocycles. The van der Waals surface area contributed by atoms with E-state index in [2.05, 4.69) is 13.2 Å².